The number of anilines is 1. The molecule has 1 atom stereocenters. The summed E-state index contributed by atoms with van der Waals surface area (Å²) >= 11 is 6.31. The fourth-order valence-corrected chi connectivity index (χ4v) is 4.80. The second-order valence-electron chi connectivity index (χ2n) is 8.49. The number of hydrogen-bond acceptors (Lipinski definition) is 6. The van der Waals surface area contributed by atoms with Crippen LogP contribution in [0.4, 0.5) is 5.69 Å². The van der Waals surface area contributed by atoms with E-state index < -0.39 is 5.97 Å². The van der Waals surface area contributed by atoms with Gasteiger partial charge in [-0.1, -0.05) is 57.8 Å². The van der Waals surface area contributed by atoms with Crippen LogP contribution in [0.15, 0.2) is 46.7 Å². The lowest BCUT2D eigenvalue weighted by Gasteiger charge is -2.41. The van der Waals surface area contributed by atoms with Gasteiger partial charge in [0.1, 0.15) is 5.75 Å². The third-order valence-electron chi connectivity index (χ3n) is 5.69. The zero-order valence-corrected chi connectivity index (χ0v) is 22.4. The third kappa shape index (κ3) is 9.67. The van der Waals surface area contributed by atoms with Crippen LogP contribution < -0.4 is 15.4 Å². The van der Waals surface area contributed by atoms with Gasteiger partial charge in [-0.25, -0.2) is 4.79 Å². The third-order valence-corrected chi connectivity index (χ3v) is 6.80. The van der Waals surface area contributed by atoms with Crippen molar-refractivity contribution in [2.75, 3.05) is 24.3 Å². The van der Waals surface area contributed by atoms with Crippen molar-refractivity contribution in [3.8, 4) is 5.75 Å². The van der Waals surface area contributed by atoms with E-state index in [1.807, 2.05) is 31.4 Å². The number of benzene rings is 1. The maximum absolute atomic E-state index is 11.0. The second-order valence-corrected chi connectivity index (χ2v) is 9.82. The van der Waals surface area contributed by atoms with Gasteiger partial charge in [0, 0.05) is 17.0 Å². The van der Waals surface area contributed by atoms with E-state index >= 15 is 0 Å². The van der Waals surface area contributed by atoms with Gasteiger partial charge in [-0.3, -0.25) is 0 Å². The Labute approximate surface area is 210 Å². The summed E-state index contributed by atoms with van der Waals surface area (Å²) in [5.74, 6) is -0.478. The summed E-state index contributed by atoms with van der Waals surface area (Å²) < 4.78 is 5.53. The highest BCUT2D eigenvalue weighted by Gasteiger charge is 2.31. The molecule has 0 radical (unpaired) electrons. The van der Waals surface area contributed by atoms with E-state index in [0.29, 0.717) is 12.3 Å². The molecule has 0 saturated carbocycles. The maximum Gasteiger partial charge on any atom is 0.341 e. The standard InChI is InChI=1S/C26H42N2O3S2/c1-6-10-14-26(27,15-11-7-2)19-28(20(12-8-3)13-9-4)21-16-24(33-5)22(17-23(21)32)31-18-25(29)30/h8-9,13,16-17,20,32H,3,6-7,10-12,14-15,18-19,27H2,1-2,4-5H3,(H,29,30)/b13-9-. The Bertz CT molecular complexity index is 775. The van der Waals surface area contributed by atoms with Gasteiger partial charge in [-0.2, -0.15) is 0 Å². The van der Waals surface area contributed by atoms with Gasteiger partial charge in [0.25, 0.3) is 0 Å². The molecule has 5 nitrogen and oxygen atoms in total. The summed E-state index contributed by atoms with van der Waals surface area (Å²) in [5, 5.41) is 9.02. The van der Waals surface area contributed by atoms with Crippen LogP contribution in [0.25, 0.3) is 0 Å². The monoisotopic (exact) mass is 494 g/mol. The van der Waals surface area contributed by atoms with Gasteiger partial charge in [-0.05, 0) is 44.6 Å². The molecule has 1 aromatic rings. The Morgan fingerprint density at radius 3 is 2.45 bits per heavy atom. The van der Waals surface area contributed by atoms with Crippen molar-refractivity contribution in [2.24, 2.45) is 5.73 Å². The van der Waals surface area contributed by atoms with Crippen molar-refractivity contribution < 1.29 is 14.6 Å². The molecule has 0 heterocycles. The fourth-order valence-electron chi connectivity index (χ4n) is 3.94. The van der Waals surface area contributed by atoms with Crippen molar-refractivity contribution in [2.45, 2.75) is 87.1 Å². The number of nitrogens with two attached hydrogens (primary N) is 1. The topological polar surface area (TPSA) is 75.8 Å². The van der Waals surface area contributed by atoms with Crippen LogP contribution in [-0.2, 0) is 4.79 Å². The smallest absolute Gasteiger partial charge is 0.341 e. The number of carbonyl (C=O) groups is 1. The Balaban J connectivity index is 3.52. The summed E-state index contributed by atoms with van der Waals surface area (Å²) in [6.45, 7) is 10.7. The minimum atomic E-state index is -1.01. The van der Waals surface area contributed by atoms with Crippen LogP contribution in [0.2, 0.25) is 0 Å². The molecule has 1 aromatic carbocycles. The second kappa shape index (κ2) is 15.4. The molecule has 0 saturated heterocycles. The predicted molar refractivity (Wildman–Crippen MR) is 145 cm³/mol. The first kappa shape index (κ1) is 29.5. The quantitative estimate of drug-likeness (QED) is 0.129. The van der Waals surface area contributed by atoms with E-state index in [4.69, 9.17) is 28.2 Å². The molecule has 0 aliphatic carbocycles. The van der Waals surface area contributed by atoms with Crippen LogP contribution in [0.3, 0.4) is 0 Å². The molecule has 0 aromatic heterocycles. The SMILES string of the molecule is C=CCC(/C=C\C)N(CC(N)(CCCC)CCCC)c1cc(SC)c(OCC(=O)O)cc1S. The zero-order chi connectivity index (χ0) is 24.9. The fraction of sp³-hybridized carbons (Fsp3) is 0.577. The molecule has 0 aliphatic heterocycles. The molecule has 0 fully saturated rings. The molecule has 3 N–H and O–H groups in total. The summed E-state index contributed by atoms with van der Waals surface area (Å²) in [7, 11) is 0. The molecule has 33 heavy (non-hydrogen) atoms. The van der Waals surface area contributed by atoms with Crippen molar-refractivity contribution in [3.63, 3.8) is 0 Å². The maximum atomic E-state index is 11.0. The highest BCUT2D eigenvalue weighted by Crippen LogP contribution is 2.39. The molecule has 0 bridgehead atoms. The van der Waals surface area contributed by atoms with Gasteiger partial charge in [0.15, 0.2) is 6.61 Å². The summed E-state index contributed by atoms with van der Waals surface area (Å²) in [6, 6.07) is 3.95. The van der Waals surface area contributed by atoms with E-state index in [0.717, 1.165) is 60.4 Å². The number of rotatable bonds is 17. The van der Waals surface area contributed by atoms with Gasteiger partial charge in [-0.15, -0.1) is 31.0 Å². The van der Waals surface area contributed by atoms with Crippen molar-refractivity contribution >= 4 is 36.0 Å². The molecule has 0 amide bonds. The Hall–Kier alpha value is -1.57. The minimum absolute atomic E-state index is 0.0880. The van der Waals surface area contributed by atoms with E-state index in [-0.39, 0.29) is 18.2 Å². The summed E-state index contributed by atoms with van der Waals surface area (Å²) in [6.07, 6.45) is 15.3. The lowest BCUT2D eigenvalue weighted by Crippen LogP contribution is -2.53. The Kier molecular flexibility index (Phi) is 13.7. The number of allylic oxidation sites excluding steroid dienone is 1. The van der Waals surface area contributed by atoms with E-state index in [2.05, 4.69) is 37.5 Å². The van der Waals surface area contributed by atoms with E-state index in [1.54, 1.807) is 0 Å². The Morgan fingerprint density at radius 2 is 1.97 bits per heavy atom. The highest BCUT2D eigenvalue weighted by atomic mass is 32.2. The number of thioether (sulfide) groups is 1. The number of thiol groups is 1. The van der Waals surface area contributed by atoms with Gasteiger partial charge in [0.05, 0.1) is 16.6 Å². The summed E-state index contributed by atoms with van der Waals surface area (Å²) in [5.41, 5.74) is 7.71. The van der Waals surface area contributed by atoms with Gasteiger partial charge in [0.2, 0.25) is 0 Å². The van der Waals surface area contributed by atoms with Crippen LogP contribution in [0, 0.1) is 0 Å². The zero-order valence-electron chi connectivity index (χ0n) is 20.7. The first-order chi connectivity index (χ1) is 15.7. The predicted octanol–water partition coefficient (Wildman–Crippen LogP) is 6.57. The average molecular weight is 495 g/mol. The number of carboxylic acid groups (broad SMARTS) is 1. The lowest BCUT2D eigenvalue weighted by molar-refractivity contribution is -0.139. The minimum Gasteiger partial charge on any atom is -0.481 e. The summed E-state index contributed by atoms with van der Waals surface area (Å²) in [4.78, 5) is 15.0. The van der Waals surface area contributed by atoms with Crippen LogP contribution in [-0.4, -0.2) is 42.1 Å². The van der Waals surface area contributed by atoms with Crippen LogP contribution in [0.5, 0.6) is 5.75 Å². The molecule has 0 aliphatic rings. The molecule has 1 rings (SSSR count). The first-order valence-corrected chi connectivity index (χ1v) is 13.5. The number of carboxylic acids is 1. The van der Waals surface area contributed by atoms with Crippen LogP contribution in [0.1, 0.15) is 65.7 Å². The molecule has 186 valence electrons. The normalized spacial score (nSPS) is 12.7. The largest absolute Gasteiger partial charge is 0.481 e. The van der Waals surface area contributed by atoms with Crippen molar-refractivity contribution in [1.82, 2.24) is 0 Å². The number of hydrogen-bond donors (Lipinski definition) is 3. The first-order valence-electron chi connectivity index (χ1n) is 11.8. The molecule has 7 heteroatoms. The average Bonchev–Trinajstić information content (AvgIpc) is 2.79. The molecule has 0 spiro atoms. The molecular weight excluding hydrogens is 452 g/mol. The van der Waals surface area contributed by atoms with E-state index in [9.17, 15) is 4.79 Å². The number of aliphatic carboxylic acids is 1. The van der Waals surface area contributed by atoms with Crippen molar-refractivity contribution in [3.05, 3.63) is 36.9 Å². The molecule has 1 unspecified atom stereocenters. The van der Waals surface area contributed by atoms with Gasteiger partial charge >= 0.3 is 5.97 Å². The highest BCUT2D eigenvalue weighted by molar-refractivity contribution is 7.98. The lowest BCUT2D eigenvalue weighted by atomic mass is 9.86. The van der Waals surface area contributed by atoms with Crippen LogP contribution >= 0.6 is 24.4 Å². The van der Waals surface area contributed by atoms with Crippen molar-refractivity contribution in [1.29, 1.82) is 0 Å². The number of ether oxygens (including phenoxy) is 1. The van der Waals surface area contributed by atoms with E-state index in [1.165, 1.54) is 11.8 Å². The number of unbranched alkanes of at least 4 members (excludes halogenated alkanes) is 2. The Morgan fingerprint density at radius 1 is 1.33 bits per heavy atom. The van der Waals surface area contributed by atoms with Gasteiger partial charge < -0.3 is 20.5 Å². The number of nitrogens with zero attached hydrogens (tertiary/aromatic N) is 1. The molecular formula is C26H42N2O3S2.